The lowest BCUT2D eigenvalue weighted by Crippen LogP contribution is -2.35. The van der Waals surface area contributed by atoms with Crippen molar-refractivity contribution in [2.45, 2.75) is 75.9 Å². The minimum atomic E-state index is -4.64. The summed E-state index contributed by atoms with van der Waals surface area (Å²) in [5.74, 6) is 0.383. The van der Waals surface area contributed by atoms with E-state index in [0.29, 0.717) is 79.0 Å². The topological polar surface area (TPSA) is 132 Å². The largest absolute Gasteiger partial charge is 0.481 e. The number of nitrogens with one attached hydrogen (secondary N) is 4. The number of carbonyl (C=O) groups is 1. The van der Waals surface area contributed by atoms with Crippen molar-refractivity contribution < 1.29 is 32.2 Å². The molecule has 4 N–H and O–H groups in total. The van der Waals surface area contributed by atoms with Crippen molar-refractivity contribution in [2.24, 2.45) is 0 Å². The van der Waals surface area contributed by atoms with Crippen molar-refractivity contribution in [1.29, 1.82) is 0 Å². The Hall–Kier alpha value is -4.50. The van der Waals surface area contributed by atoms with Gasteiger partial charge in [0.15, 0.2) is 0 Å². The van der Waals surface area contributed by atoms with Crippen LogP contribution in [0.4, 0.5) is 19.0 Å². The lowest BCUT2D eigenvalue weighted by molar-refractivity contribution is -0.137. The van der Waals surface area contributed by atoms with Crippen LogP contribution in [0.3, 0.4) is 0 Å². The summed E-state index contributed by atoms with van der Waals surface area (Å²) in [6.07, 6.45) is 1.09. The molecule has 0 saturated carbocycles. The van der Waals surface area contributed by atoms with Crippen molar-refractivity contribution in [2.75, 3.05) is 39.3 Å². The van der Waals surface area contributed by atoms with Crippen LogP contribution in [0.15, 0.2) is 48.7 Å². The van der Waals surface area contributed by atoms with Crippen LogP contribution in [0.1, 0.15) is 66.0 Å². The molecular formula is C39H43ClF3N7O4. The molecule has 2 saturated heterocycles. The number of carbonyl (C=O) groups excluding carboxylic acids is 1. The number of pyridine rings is 3. The zero-order valence-electron chi connectivity index (χ0n) is 30.1. The summed E-state index contributed by atoms with van der Waals surface area (Å²) in [7, 11) is 2.98. The first kappa shape index (κ1) is 37.8. The number of halogens is 4. The standard InChI is InChI=1S/C39H43ClF3N7O4/c1-52-37-22(19-44-21-25-7-11-33(51)47-25)6-9-32(49-37)29-12-15-45-35(34(29)40)28-5-3-4-27-26(28)8-10-31(27)48-36-30(39(41,42)43)18-23(38(50-36)53-2)20-46-24-13-16-54-17-14-24/h3-6,9,12,15,18,24-25,31,44,46H,7-8,10-11,13-14,16-17,19-21H2,1-2H3,(H,47,51)(H,48,50)/t25-,31-/m1/s1. The third-order valence-electron chi connectivity index (χ3n) is 10.3. The van der Waals surface area contributed by atoms with Gasteiger partial charge >= 0.3 is 6.18 Å². The molecule has 1 aromatic carbocycles. The molecule has 3 aromatic heterocycles. The number of hydrogen-bond donors (Lipinski definition) is 4. The van der Waals surface area contributed by atoms with Crippen molar-refractivity contribution in [3.8, 4) is 34.3 Å². The van der Waals surface area contributed by atoms with Gasteiger partial charge in [0.25, 0.3) is 0 Å². The quantitative estimate of drug-likeness (QED) is 0.118. The van der Waals surface area contributed by atoms with Gasteiger partial charge < -0.3 is 35.5 Å². The summed E-state index contributed by atoms with van der Waals surface area (Å²) in [5.41, 5.74) is 4.76. The Morgan fingerprint density at radius 1 is 0.944 bits per heavy atom. The van der Waals surface area contributed by atoms with Gasteiger partial charge in [-0.1, -0.05) is 35.9 Å². The van der Waals surface area contributed by atoms with Gasteiger partial charge in [-0.2, -0.15) is 18.2 Å². The molecule has 7 rings (SSSR count). The normalized spacial score (nSPS) is 18.7. The maximum atomic E-state index is 14.5. The van der Waals surface area contributed by atoms with E-state index >= 15 is 0 Å². The second-order valence-electron chi connectivity index (χ2n) is 13.7. The minimum absolute atomic E-state index is 0.0737. The SMILES string of the molecule is COc1nc(-c2ccnc(-c3cccc4c3CC[C@H]4Nc3nc(OC)c(CNC4CCOCC4)cc3C(F)(F)F)c2Cl)ccc1CNC[C@H]1CCC(=O)N1. The Kier molecular flexibility index (Phi) is 11.5. The van der Waals surface area contributed by atoms with E-state index in [1.54, 1.807) is 19.4 Å². The number of amides is 1. The molecule has 0 bridgehead atoms. The summed E-state index contributed by atoms with van der Waals surface area (Å²) in [4.78, 5) is 25.3. The first-order valence-corrected chi connectivity index (χ1v) is 18.5. The van der Waals surface area contributed by atoms with Crippen LogP contribution in [0.5, 0.6) is 11.8 Å². The zero-order chi connectivity index (χ0) is 37.8. The summed E-state index contributed by atoms with van der Waals surface area (Å²) < 4.78 is 60.1. The predicted octanol–water partition coefficient (Wildman–Crippen LogP) is 6.63. The number of alkyl halides is 3. The number of methoxy groups -OCH3 is 2. The third kappa shape index (κ3) is 8.26. The van der Waals surface area contributed by atoms with Crippen LogP contribution in [-0.2, 0) is 35.2 Å². The molecule has 0 unspecified atom stereocenters. The van der Waals surface area contributed by atoms with Gasteiger partial charge in [0.2, 0.25) is 17.7 Å². The fourth-order valence-corrected chi connectivity index (χ4v) is 7.80. The van der Waals surface area contributed by atoms with E-state index in [2.05, 4.69) is 31.2 Å². The maximum Gasteiger partial charge on any atom is 0.419 e. The average molecular weight is 766 g/mol. The fourth-order valence-electron chi connectivity index (χ4n) is 7.49. The van der Waals surface area contributed by atoms with Gasteiger partial charge in [0, 0.05) is 79.8 Å². The second kappa shape index (κ2) is 16.5. The molecule has 54 heavy (non-hydrogen) atoms. The highest BCUT2D eigenvalue weighted by Gasteiger charge is 2.37. The van der Waals surface area contributed by atoms with Crippen LogP contribution in [0.2, 0.25) is 5.02 Å². The molecule has 1 aliphatic carbocycles. The molecule has 5 heterocycles. The van der Waals surface area contributed by atoms with Crippen molar-refractivity contribution in [1.82, 2.24) is 30.9 Å². The Morgan fingerprint density at radius 2 is 1.74 bits per heavy atom. The first-order chi connectivity index (χ1) is 26.1. The van der Waals surface area contributed by atoms with Crippen molar-refractivity contribution in [3.05, 3.63) is 81.5 Å². The second-order valence-corrected chi connectivity index (χ2v) is 14.1. The Labute approximate surface area is 316 Å². The number of rotatable bonds is 13. The number of anilines is 1. The Morgan fingerprint density at radius 3 is 2.48 bits per heavy atom. The highest BCUT2D eigenvalue weighted by Crippen LogP contribution is 2.44. The number of ether oxygens (including phenoxy) is 3. The van der Waals surface area contributed by atoms with E-state index in [-0.39, 0.29) is 36.2 Å². The summed E-state index contributed by atoms with van der Waals surface area (Å²) in [6.45, 7) is 2.58. The number of nitrogens with zero attached hydrogens (tertiary/aromatic N) is 3. The molecule has 3 aliphatic rings. The summed E-state index contributed by atoms with van der Waals surface area (Å²) in [6, 6.07) is 12.3. The van der Waals surface area contributed by atoms with Crippen molar-refractivity contribution >= 4 is 23.3 Å². The molecule has 15 heteroatoms. The summed E-state index contributed by atoms with van der Waals surface area (Å²) >= 11 is 7.08. The highest BCUT2D eigenvalue weighted by atomic mass is 35.5. The number of aromatic nitrogens is 3. The Balaban J connectivity index is 1.12. The summed E-state index contributed by atoms with van der Waals surface area (Å²) in [5, 5.41) is 13.2. The molecule has 2 atom stereocenters. The highest BCUT2D eigenvalue weighted by molar-refractivity contribution is 6.35. The van der Waals surface area contributed by atoms with Gasteiger partial charge in [-0.15, -0.1) is 0 Å². The third-order valence-corrected chi connectivity index (χ3v) is 10.7. The first-order valence-electron chi connectivity index (χ1n) is 18.2. The van der Waals surface area contributed by atoms with Crippen molar-refractivity contribution in [3.63, 3.8) is 0 Å². The molecule has 2 aliphatic heterocycles. The van der Waals surface area contributed by atoms with E-state index in [1.165, 1.54) is 7.11 Å². The molecule has 286 valence electrons. The van der Waals surface area contributed by atoms with Gasteiger partial charge in [-0.25, -0.2) is 4.98 Å². The van der Waals surface area contributed by atoms with Crippen LogP contribution in [0, 0.1) is 0 Å². The van der Waals surface area contributed by atoms with E-state index in [1.807, 2.05) is 30.3 Å². The zero-order valence-corrected chi connectivity index (χ0v) is 30.9. The van der Waals surface area contributed by atoms with Crippen LogP contribution < -0.4 is 30.7 Å². The number of benzene rings is 1. The molecule has 1 amide bonds. The molecule has 0 spiro atoms. The number of fused-ring (bicyclic) bond motifs is 1. The van der Waals surface area contributed by atoms with Crippen LogP contribution in [-0.4, -0.2) is 66.9 Å². The molecule has 11 nitrogen and oxygen atoms in total. The monoisotopic (exact) mass is 765 g/mol. The molecule has 0 radical (unpaired) electrons. The minimum Gasteiger partial charge on any atom is -0.481 e. The molecule has 4 aromatic rings. The van der Waals surface area contributed by atoms with Crippen LogP contribution >= 0.6 is 11.6 Å². The van der Waals surface area contributed by atoms with E-state index in [9.17, 15) is 18.0 Å². The molecular weight excluding hydrogens is 723 g/mol. The van der Waals surface area contributed by atoms with E-state index in [0.717, 1.165) is 47.6 Å². The molecule has 2 fully saturated rings. The lowest BCUT2D eigenvalue weighted by Gasteiger charge is -2.24. The number of hydrogen-bond acceptors (Lipinski definition) is 10. The van der Waals surface area contributed by atoms with Gasteiger partial charge in [-0.3, -0.25) is 9.78 Å². The Bertz CT molecular complexity index is 1990. The van der Waals surface area contributed by atoms with Gasteiger partial charge in [0.05, 0.1) is 42.2 Å². The van der Waals surface area contributed by atoms with E-state index < -0.39 is 17.8 Å². The fraction of sp³-hybridized carbons (Fsp3) is 0.436. The average Bonchev–Trinajstić information content (AvgIpc) is 3.79. The van der Waals surface area contributed by atoms with Gasteiger partial charge in [0.1, 0.15) is 5.82 Å². The predicted molar refractivity (Wildman–Crippen MR) is 198 cm³/mol. The van der Waals surface area contributed by atoms with Gasteiger partial charge in [-0.05, 0) is 61.4 Å². The maximum absolute atomic E-state index is 14.5. The smallest absolute Gasteiger partial charge is 0.419 e. The van der Waals surface area contributed by atoms with Crippen LogP contribution in [0.25, 0.3) is 22.5 Å². The van der Waals surface area contributed by atoms with E-state index in [4.69, 9.17) is 30.8 Å². The lowest BCUT2D eigenvalue weighted by atomic mass is 9.98.